The van der Waals surface area contributed by atoms with Gasteiger partial charge in [0.2, 0.25) is 0 Å². The molecule has 1 aliphatic rings. The number of hydrogen-bond donors (Lipinski definition) is 1. The van der Waals surface area contributed by atoms with Crippen molar-refractivity contribution in [1.29, 1.82) is 0 Å². The Morgan fingerprint density at radius 3 is 2.85 bits per heavy atom. The van der Waals surface area contributed by atoms with Crippen molar-refractivity contribution in [3.05, 3.63) is 11.6 Å². The van der Waals surface area contributed by atoms with Crippen molar-refractivity contribution in [1.82, 2.24) is 4.90 Å². The van der Waals surface area contributed by atoms with Crippen LogP contribution in [0.4, 0.5) is 0 Å². The van der Waals surface area contributed by atoms with E-state index in [0.717, 1.165) is 25.9 Å². The van der Waals surface area contributed by atoms with Crippen LogP contribution in [0.25, 0.3) is 0 Å². The van der Waals surface area contributed by atoms with Crippen LogP contribution >= 0.6 is 0 Å². The fourth-order valence-electron chi connectivity index (χ4n) is 1.82. The summed E-state index contributed by atoms with van der Waals surface area (Å²) < 4.78 is 0. The molecule has 1 saturated heterocycles. The van der Waals surface area contributed by atoms with Crippen LogP contribution in [0.5, 0.6) is 0 Å². The van der Waals surface area contributed by atoms with Crippen LogP contribution in [0.2, 0.25) is 0 Å². The first-order valence-corrected chi connectivity index (χ1v) is 5.09. The first-order chi connectivity index (χ1) is 6.09. The minimum Gasteiger partial charge on any atom is -0.393 e. The van der Waals surface area contributed by atoms with E-state index in [2.05, 4.69) is 31.9 Å². The number of likely N-dealkylation sites (tertiary alicyclic amines) is 1. The van der Waals surface area contributed by atoms with Crippen LogP contribution in [0.15, 0.2) is 11.6 Å². The molecule has 2 atom stereocenters. The van der Waals surface area contributed by atoms with Gasteiger partial charge in [-0.05, 0) is 33.7 Å². The Morgan fingerprint density at radius 2 is 2.23 bits per heavy atom. The van der Waals surface area contributed by atoms with Crippen molar-refractivity contribution < 1.29 is 5.11 Å². The molecule has 0 unspecified atom stereocenters. The summed E-state index contributed by atoms with van der Waals surface area (Å²) in [6, 6.07) is 0. The third-order valence-corrected chi connectivity index (χ3v) is 2.73. The van der Waals surface area contributed by atoms with Gasteiger partial charge in [0.1, 0.15) is 0 Å². The summed E-state index contributed by atoms with van der Waals surface area (Å²) in [5.41, 5.74) is 1.35. The fraction of sp³-hybridized carbons (Fsp3) is 0.818. The zero-order chi connectivity index (χ0) is 9.84. The Bertz CT molecular complexity index is 185. The average Bonchev–Trinajstić information content (AvgIpc) is 2.06. The number of allylic oxidation sites excluding steroid dienone is 2. The van der Waals surface area contributed by atoms with Gasteiger partial charge in [0.15, 0.2) is 0 Å². The quantitative estimate of drug-likeness (QED) is 0.658. The molecule has 1 fully saturated rings. The lowest BCUT2D eigenvalue weighted by Crippen LogP contribution is -2.40. The minimum atomic E-state index is -0.0909. The Kier molecular flexibility index (Phi) is 3.94. The molecule has 0 aliphatic carbocycles. The highest BCUT2D eigenvalue weighted by Crippen LogP contribution is 2.20. The molecule has 0 radical (unpaired) electrons. The molecule has 0 aromatic carbocycles. The van der Waals surface area contributed by atoms with Gasteiger partial charge in [0.25, 0.3) is 0 Å². The maximum Gasteiger partial charge on any atom is 0.0595 e. The molecule has 1 aliphatic heterocycles. The average molecular weight is 183 g/mol. The summed E-state index contributed by atoms with van der Waals surface area (Å²) in [6.45, 7) is 6.29. The van der Waals surface area contributed by atoms with Crippen LogP contribution in [0.3, 0.4) is 0 Å². The molecule has 1 N–H and O–H groups in total. The molecule has 0 spiro atoms. The van der Waals surface area contributed by atoms with E-state index in [1.165, 1.54) is 5.57 Å². The molecule has 2 nitrogen and oxygen atoms in total. The van der Waals surface area contributed by atoms with E-state index < -0.39 is 0 Å². The van der Waals surface area contributed by atoms with E-state index >= 15 is 0 Å². The fourth-order valence-corrected chi connectivity index (χ4v) is 1.82. The summed E-state index contributed by atoms with van der Waals surface area (Å²) in [5, 5.41) is 9.74. The maximum absolute atomic E-state index is 9.74. The van der Waals surface area contributed by atoms with Crippen molar-refractivity contribution in [2.75, 3.05) is 20.1 Å². The molecule has 0 aromatic heterocycles. The van der Waals surface area contributed by atoms with Crippen molar-refractivity contribution in [2.24, 2.45) is 5.92 Å². The predicted octanol–water partition coefficient (Wildman–Crippen LogP) is 1.66. The van der Waals surface area contributed by atoms with Gasteiger partial charge in [-0.2, -0.15) is 0 Å². The lowest BCUT2D eigenvalue weighted by molar-refractivity contribution is 0.0378. The molecule has 76 valence electrons. The van der Waals surface area contributed by atoms with Crippen LogP contribution in [0, 0.1) is 5.92 Å². The van der Waals surface area contributed by atoms with E-state index in [1.807, 2.05) is 0 Å². The molecule has 0 saturated carbocycles. The van der Waals surface area contributed by atoms with E-state index in [0.29, 0.717) is 5.92 Å². The zero-order valence-electron chi connectivity index (χ0n) is 8.95. The molecule has 0 amide bonds. The topological polar surface area (TPSA) is 23.5 Å². The summed E-state index contributed by atoms with van der Waals surface area (Å²) in [4.78, 5) is 2.30. The highest BCUT2D eigenvalue weighted by molar-refractivity contribution is 4.96. The predicted molar refractivity (Wildman–Crippen MR) is 55.7 cm³/mol. The van der Waals surface area contributed by atoms with E-state index in [4.69, 9.17) is 0 Å². The van der Waals surface area contributed by atoms with Crippen molar-refractivity contribution in [3.63, 3.8) is 0 Å². The normalized spacial score (nSPS) is 30.2. The summed E-state index contributed by atoms with van der Waals surface area (Å²) in [5.74, 6) is 0.439. The van der Waals surface area contributed by atoms with Gasteiger partial charge in [0, 0.05) is 19.0 Å². The zero-order valence-corrected chi connectivity index (χ0v) is 8.95. The molecule has 13 heavy (non-hydrogen) atoms. The van der Waals surface area contributed by atoms with Crippen LogP contribution in [-0.4, -0.2) is 36.2 Å². The number of hydrogen-bond acceptors (Lipinski definition) is 2. The number of piperidine rings is 1. The molecule has 2 heteroatoms. The van der Waals surface area contributed by atoms with Crippen molar-refractivity contribution in [2.45, 2.75) is 32.8 Å². The van der Waals surface area contributed by atoms with Crippen molar-refractivity contribution >= 4 is 0 Å². The molecule has 0 aromatic rings. The largest absolute Gasteiger partial charge is 0.393 e. The lowest BCUT2D eigenvalue weighted by atomic mass is 9.91. The van der Waals surface area contributed by atoms with Crippen molar-refractivity contribution in [3.8, 4) is 0 Å². The Morgan fingerprint density at radius 1 is 1.54 bits per heavy atom. The van der Waals surface area contributed by atoms with E-state index in [1.54, 1.807) is 0 Å². The minimum absolute atomic E-state index is 0.0909. The Labute approximate surface area is 81.2 Å². The van der Waals surface area contributed by atoms with Crippen LogP contribution < -0.4 is 0 Å². The third kappa shape index (κ3) is 3.49. The molecule has 1 rings (SSSR count). The highest BCUT2D eigenvalue weighted by Gasteiger charge is 2.24. The van der Waals surface area contributed by atoms with Crippen LogP contribution in [0.1, 0.15) is 26.7 Å². The van der Waals surface area contributed by atoms with Gasteiger partial charge in [0.05, 0.1) is 6.10 Å². The second-order valence-electron chi connectivity index (χ2n) is 4.40. The van der Waals surface area contributed by atoms with Gasteiger partial charge < -0.3 is 10.0 Å². The number of aliphatic hydroxyl groups is 1. The smallest absolute Gasteiger partial charge is 0.0595 e. The first-order valence-electron chi connectivity index (χ1n) is 5.09. The van der Waals surface area contributed by atoms with E-state index in [9.17, 15) is 5.11 Å². The number of nitrogens with zero attached hydrogens (tertiary/aromatic N) is 1. The lowest BCUT2D eigenvalue weighted by Gasteiger charge is -2.33. The summed E-state index contributed by atoms with van der Waals surface area (Å²) in [6.07, 6.45) is 4.09. The number of rotatable bonds is 2. The highest BCUT2D eigenvalue weighted by atomic mass is 16.3. The monoisotopic (exact) mass is 183 g/mol. The Balaban J connectivity index is 2.42. The Hall–Kier alpha value is -0.340. The van der Waals surface area contributed by atoms with Gasteiger partial charge in [-0.1, -0.05) is 11.6 Å². The molecular weight excluding hydrogens is 162 g/mol. The molecule has 0 bridgehead atoms. The second kappa shape index (κ2) is 4.77. The summed E-state index contributed by atoms with van der Waals surface area (Å²) in [7, 11) is 2.13. The van der Waals surface area contributed by atoms with Gasteiger partial charge in [-0.25, -0.2) is 0 Å². The second-order valence-corrected chi connectivity index (χ2v) is 4.40. The van der Waals surface area contributed by atoms with Crippen LogP contribution in [-0.2, 0) is 0 Å². The number of aliphatic hydroxyl groups excluding tert-OH is 1. The van der Waals surface area contributed by atoms with Gasteiger partial charge >= 0.3 is 0 Å². The van der Waals surface area contributed by atoms with Gasteiger partial charge in [-0.15, -0.1) is 0 Å². The maximum atomic E-state index is 9.74. The first kappa shape index (κ1) is 10.7. The van der Waals surface area contributed by atoms with E-state index in [-0.39, 0.29) is 6.10 Å². The molecular formula is C11H21NO. The standard InChI is InChI=1S/C11H21NO/c1-9(2)4-5-10-8-12(3)7-6-11(10)13/h4,10-11,13H,5-8H2,1-3H3/t10-,11+/m1/s1. The molecule has 1 heterocycles. The van der Waals surface area contributed by atoms with Gasteiger partial charge in [-0.3, -0.25) is 0 Å². The third-order valence-electron chi connectivity index (χ3n) is 2.73. The summed E-state index contributed by atoms with van der Waals surface area (Å²) >= 11 is 0. The SMILES string of the molecule is CC(C)=CC[C@@H]1CN(C)CC[C@@H]1O.